The molecule has 1 heterocycles. The molecule has 5 rings (SSSR count). The summed E-state index contributed by atoms with van der Waals surface area (Å²) in [5, 5.41) is 0.874. The number of rotatable bonds is 12. The molecule has 1 aromatic rings. The van der Waals surface area contributed by atoms with Crippen molar-refractivity contribution >= 4 is 44.2 Å². The number of nitrogens with zero attached hydrogens (tertiary/aromatic N) is 1. The van der Waals surface area contributed by atoms with E-state index in [0.29, 0.717) is 23.2 Å². The van der Waals surface area contributed by atoms with E-state index >= 15 is 0 Å². The fraction of sp³-hybridized carbons (Fsp3) is 0.750. The van der Waals surface area contributed by atoms with Crippen molar-refractivity contribution in [2.75, 3.05) is 11.5 Å². The van der Waals surface area contributed by atoms with Gasteiger partial charge in [0.1, 0.15) is 0 Å². The molecular weight excluding hydrogens is 619 g/mol. The normalized spacial score (nSPS) is 22.7. The third-order valence-corrected chi connectivity index (χ3v) is 25.9. The zero-order valence-corrected chi connectivity index (χ0v) is 29.4. The van der Waals surface area contributed by atoms with Crippen molar-refractivity contribution in [3.8, 4) is 0 Å². The molecule has 3 saturated carbocycles. The third kappa shape index (κ3) is 6.67. The van der Waals surface area contributed by atoms with Gasteiger partial charge in [0.25, 0.3) is 0 Å². The van der Waals surface area contributed by atoms with E-state index < -0.39 is 5.31 Å². The van der Waals surface area contributed by atoms with E-state index in [4.69, 9.17) is 15.5 Å². The number of hydrogen-bond donors (Lipinski definition) is 1. The first-order valence-corrected chi connectivity index (χ1v) is 22.5. The van der Waals surface area contributed by atoms with Gasteiger partial charge in [-0.15, -0.1) is 0 Å². The molecule has 4 aliphatic rings. The molecule has 1 aliphatic heterocycles. The zero-order valence-electron chi connectivity index (χ0n) is 26.9. The average Bonchev–Trinajstić information content (AvgIpc) is 3.30. The van der Waals surface area contributed by atoms with Crippen molar-refractivity contribution < 1.29 is 14.4 Å². The zero-order chi connectivity index (χ0) is 30.5. The van der Waals surface area contributed by atoms with Crippen LogP contribution in [0.4, 0.5) is 5.69 Å². The summed E-state index contributed by atoms with van der Waals surface area (Å²) in [6.45, 7) is 3.87. The second-order valence-electron chi connectivity index (χ2n) is 14.4. The van der Waals surface area contributed by atoms with Gasteiger partial charge in [-0.1, -0.05) is 6.92 Å². The van der Waals surface area contributed by atoms with Crippen molar-refractivity contribution in [3.63, 3.8) is 0 Å². The van der Waals surface area contributed by atoms with Crippen LogP contribution < -0.4 is 5.32 Å². The molecule has 5 nitrogen and oxygen atoms in total. The number of unbranched alkanes of at least 4 members (excludes halogenated alkanes) is 2. The summed E-state index contributed by atoms with van der Waals surface area (Å²) in [7, 11) is 0. The fourth-order valence-electron chi connectivity index (χ4n) is 9.47. The van der Waals surface area contributed by atoms with Crippen LogP contribution in [0.15, 0.2) is 18.2 Å². The van der Waals surface area contributed by atoms with Gasteiger partial charge in [-0.05, 0) is 13.3 Å². The monoisotopic (exact) mass is 674 g/mol. The number of nitrogens with one attached hydrogen (secondary N) is 1. The molecule has 3 amide bonds. The summed E-state index contributed by atoms with van der Waals surface area (Å²) in [6.07, 6.45) is 27.3. The number of halogens is 1. The summed E-state index contributed by atoms with van der Waals surface area (Å²) < 4.78 is 0. The van der Waals surface area contributed by atoms with Crippen molar-refractivity contribution in [1.29, 1.82) is 0 Å². The Morgan fingerprint density at radius 1 is 0.814 bits per heavy atom. The molecule has 3 aliphatic carbocycles. The van der Waals surface area contributed by atoms with Gasteiger partial charge in [0.05, 0.1) is 0 Å². The molecule has 240 valence electrons. The number of amides is 3. The van der Waals surface area contributed by atoms with Crippen LogP contribution in [0.5, 0.6) is 0 Å². The van der Waals surface area contributed by atoms with Gasteiger partial charge in [0, 0.05) is 6.04 Å². The minimum atomic E-state index is -2.14. The number of benzene rings is 1. The second-order valence-corrected chi connectivity index (χ2v) is 25.0. The Morgan fingerprint density at radius 2 is 1.33 bits per heavy atom. The van der Waals surface area contributed by atoms with Crippen LogP contribution in [0.3, 0.4) is 0 Å². The third-order valence-electron chi connectivity index (χ3n) is 11.9. The van der Waals surface area contributed by atoms with E-state index in [2.05, 4.69) is 5.32 Å². The second kappa shape index (κ2) is 14.4. The molecule has 0 radical (unpaired) electrons. The summed E-state index contributed by atoms with van der Waals surface area (Å²) in [5.41, 5.74) is 4.20. The van der Waals surface area contributed by atoms with E-state index in [1.807, 2.05) is 13.8 Å². The molecule has 1 atom stereocenters. The quantitative estimate of drug-likeness (QED) is 0.136. The van der Waals surface area contributed by atoms with Crippen molar-refractivity contribution in [2.45, 2.75) is 165 Å². The first-order valence-electron chi connectivity index (χ1n) is 17.8. The number of carbonyl (C=O) groups is 3. The Kier molecular flexibility index (Phi) is 11.1. The Hall–Kier alpha value is -1.26. The van der Waals surface area contributed by atoms with Gasteiger partial charge >= 0.3 is 238 Å². The number of carbonyl (C=O) groups excluding carboxylic acids is 3. The van der Waals surface area contributed by atoms with Crippen LogP contribution >= 0.6 is 20.8 Å². The van der Waals surface area contributed by atoms with Gasteiger partial charge in [-0.25, -0.2) is 0 Å². The first kappa shape index (κ1) is 33.1. The SMILES string of the molecule is CCC(C)N1C(=O)c2ccc(NC(=O)CCCCCP(Br)(C3CCCCC3)(C3CCCCC3)C3CCCCC3)cc2C1=O. The van der Waals surface area contributed by atoms with Gasteiger partial charge in [-0.2, -0.15) is 0 Å². The Bertz CT molecular complexity index is 1100. The summed E-state index contributed by atoms with van der Waals surface area (Å²) in [5.74, 6) is -0.486. The van der Waals surface area contributed by atoms with Crippen LogP contribution in [0.2, 0.25) is 0 Å². The molecule has 3 fully saturated rings. The molecule has 0 aromatic heterocycles. The molecule has 43 heavy (non-hydrogen) atoms. The van der Waals surface area contributed by atoms with Gasteiger partial charge in [-0.3, -0.25) is 4.79 Å². The van der Waals surface area contributed by atoms with E-state index in [1.165, 1.54) is 114 Å². The molecule has 0 saturated heterocycles. The van der Waals surface area contributed by atoms with Crippen molar-refractivity contribution in [1.82, 2.24) is 4.90 Å². The van der Waals surface area contributed by atoms with Crippen LogP contribution in [-0.2, 0) is 4.79 Å². The average molecular weight is 676 g/mol. The van der Waals surface area contributed by atoms with E-state index in [1.54, 1.807) is 18.2 Å². The number of fused-ring (bicyclic) bond motifs is 1. The van der Waals surface area contributed by atoms with Gasteiger partial charge in [0.2, 0.25) is 0 Å². The molecule has 1 N–H and O–H groups in total. The van der Waals surface area contributed by atoms with E-state index in [0.717, 1.165) is 36.2 Å². The Balaban J connectivity index is 1.21. The van der Waals surface area contributed by atoms with Crippen molar-refractivity contribution in [3.05, 3.63) is 29.3 Å². The first-order chi connectivity index (χ1) is 20.8. The summed E-state index contributed by atoms with van der Waals surface area (Å²) in [6, 6.07) is 4.99. The fourth-order valence-corrected chi connectivity index (χ4v) is 22.2. The number of anilines is 1. The Morgan fingerprint density at radius 3 is 1.84 bits per heavy atom. The molecule has 0 bridgehead atoms. The summed E-state index contributed by atoms with van der Waals surface area (Å²) >= 11 is 4.95. The maximum atomic E-state index is 13.0. The number of hydrogen-bond acceptors (Lipinski definition) is 3. The molecule has 7 heteroatoms. The molecule has 0 spiro atoms. The number of imide groups is 1. The maximum absolute atomic E-state index is 13.0. The minimum absolute atomic E-state index is 0.00123. The molecule has 1 aromatic carbocycles. The predicted molar refractivity (Wildman–Crippen MR) is 185 cm³/mol. The predicted octanol–water partition coefficient (Wildman–Crippen LogP) is 10.4. The molecular formula is C36H56BrN2O3P. The van der Waals surface area contributed by atoms with Crippen LogP contribution in [0.25, 0.3) is 0 Å². The van der Waals surface area contributed by atoms with E-state index in [9.17, 15) is 14.4 Å². The molecule has 1 unspecified atom stereocenters. The summed E-state index contributed by atoms with van der Waals surface area (Å²) in [4.78, 5) is 40.0. The Labute approximate surface area is 268 Å². The van der Waals surface area contributed by atoms with Crippen molar-refractivity contribution in [2.24, 2.45) is 0 Å². The van der Waals surface area contributed by atoms with Gasteiger partial charge < -0.3 is 0 Å². The van der Waals surface area contributed by atoms with Crippen LogP contribution in [0.1, 0.15) is 163 Å². The van der Waals surface area contributed by atoms with Crippen LogP contribution in [0, 0.1) is 0 Å². The van der Waals surface area contributed by atoms with Crippen LogP contribution in [-0.4, -0.2) is 51.8 Å². The topological polar surface area (TPSA) is 66.5 Å². The standard InChI is InChI=1S/C36H56BrN2O3P/c1-3-27(2)39-35(41)32-24-23-28(26-33(32)36(39)42)38-34(40)22-14-7-15-25-43(37,29-16-8-4-9-17-29,30-18-10-5-11-19-30)31-20-12-6-13-21-31/h23-24,26-27,29-31H,3-22,25H2,1-2H3,(H,38,40). The van der Waals surface area contributed by atoms with E-state index in [-0.39, 0.29) is 23.8 Å². The van der Waals surface area contributed by atoms with Gasteiger partial charge in [0.15, 0.2) is 0 Å².